The molecule has 11 heteroatoms. The molecule has 3 amide bonds. The highest BCUT2D eigenvalue weighted by Crippen LogP contribution is 2.37. The molecule has 3 aromatic rings. The summed E-state index contributed by atoms with van der Waals surface area (Å²) in [4.78, 5) is 44.5. The molecule has 0 aliphatic rings. The zero-order valence-electron chi connectivity index (χ0n) is 17.4. The fourth-order valence-corrected chi connectivity index (χ4v) is 3.27. The molecule has 0 unspecified atom stereocenters. The molecule has 0 atom stereocenters. The second kappa shape index (κ2) is 9.40. The normalized spacial score (nSPS) is 10.4. The van der Waals surface area contributed by atoms with Crippen LogP contribution in [-0.2, 0) is 0 Å². The van der Waals surface area contributed by atoms with Crippen molar-refractivity contribution in [1.82, 2.24) is 9.97 Å². The molecule has 3 rings (SSSR count). The van der Waals surface area contributed by atoms with Crippen LogP contribution >= 0.6 is 11.6 Å². The first-order chi connectivity index (χ1) is 15.3. The predicted molar refractivity (Wildman–Crippen MR) is 119 cm³/mol. The van der Waals surface area contributed by atoms with Gasteiger partial charge in [0.25, 0.3) is 17.7 Å². The molecule has 4 N–H and O–H groups in total. The van der Waals surface area contributed by atoms with Gasteiger partial charge in [-0.25, -0.2) is 4.98 Å². The number of methoxy groups -OCH3 is 2. The van der Waals surface area contributed by atoms with Crippen LogP contribution in [0.25, 0.3) is 0 Å². The largest absolute Gasteiger partial charge is 0.493 e. The first-order valence-corrected chi connectivity index (χ1v) is 9.59. The molecule has 10 nitrogen and oxygen atoms in total. The molecule has 0 fully saturated rings. The minimum Gasteiger partial charge on any atom is -0.493 e. The number of aromatic amines is 1. The molecule has 0 bridgehead atoms. The molecule has 2 aromatic carbocycles. The van der Waals surface area contributed by atoms with Crippen molar-refractivity contribution in [1.29, 1.82) is 0 Å². The maximum absolute atomic E-state index is 12.7. The lowest BCUT2D eigenvalue weighted by Gasteiger charge is -2.17. The van der Waals surface area contributed by atoms with Gasteiger partial charge in [-0.05, 0) is 36.4 Å². The van der Waals surface area contributed by atoms with Gasteiger partial charge in [0.15, 0.2) is 17.2 Å². The Labute approximate surface area is 188 Å². The molecule has 0 aliphatic carbocycles. The lowest BCUT2D eigenvalue weighted by Crippen LogP contribution is -2.29. The van der Waals surface area contributed by atoms with Gasteiger partial charge < -0.3 is 30.4 Å². The molecular weight excluding hydrogens is 438 g/mol. The highest BCUT2D eigenvalue weighted by atomic mass is 35.5. The van der Waals surface area contributed by atoms with Gasteiger partial charge in [0, 0.05) is 18.4 Å². The van der Waals surface area contributed by atoms with E-state index in [9.17, 15) is 14.4 Å². The lowest BCUT2D eigenvalue weighted by molar-refractivity contribution is 0.0958. The third-order valence-electron chi connectivity index (χ3n) is 4.64. The molecule has 32 heavy (non-hydrogen) atoms. The minimum atomic E-state index is -0.786. The summed E-state index contributed by atoms with van der Waals surface area (Å²) in [6.07, 6.45) is 1.22. The Hall–Kier alpha value is -4.05. The number of rotatable bonds is 7. The SMILES string of the molecule is COc1ccc(C(=O)Nc2ccc(N(C)C(=O)c3nc[nH]c3C(N)=O)cc2)c(Cl)c1OC. The Bertz CT molecular complexity index is 1180. The molecule has 0 saturated carbocycles. The fraction of sp³-hybridized carbons (Fsp3) is 0.143. The van der Waals surface area contributed by atoms with E-state index in [1.54, 1.807) is 30.3 Å². The summed E-state index contributed by atoms with van der Waals surface area (Å²) < 4.78 is 10.4. The number of anilines is 2. The van der Waals surface area contributed by atoms with Crippen molar-refractivity contribution in [3.8, 4) is 11.5 Å². The zero-order chi connectivity index (χ0) is 23.4. The Balaban J connectivity index is 1.76. The number of hydrogen-bond donors (Lipinski definition) is 3. The molecule has 0 aliphatic heterocycles. The van der Waals surface area contributed by atoms with Crippen molar-refractivity contribution in [2.75, 3.05) is 31.5 Å². The average molecular weight is 458 g/mol. The van der Waals surface area contributed by atoms with E-state index in [1.165, 1.54) is 38.6 Å². The topological polar surface area (TPSA) is 140 Å². The summed E-state index contributed by atoms with van der Waals surface area (Å²) in [5.74, 6) is -1.09. The molecule has 0 radical (unpaired) electrons. The van der Waals surface area contributed by atoms with E-state index in [0.29, 0.717) is 17.1 Å². The van der Waals surface area contributed by atoms with E-state index in [1.807, 2.05) is 0 Å². The van der Waals surface area contributed by atoms with Crippen LogP contribution in [0.15, 0.2) is 42.7 Å². The van der Waals surface area contributed by atoms with Crippen molar-refractivity contribution < 1.29 is 23.9 Å². The number of nitrogens with two attached hydrogens (primary N) is 1. The number of carbonyl (C=O) groups is 3. The van der Waals surface area contributed by atoms with Crippen LogP contribution in [0.5, 0.6) is 11.5 Å². The van der Waals surface area contributed by atoms with Crippen molar-refractivity contribution in [3.05, 3.63) is 64.7 Å². The Kier molecular flexibility index (Phi) is 6.64. The van der Waals surface area contributed by atoms with Gasteiger partial charge in [-0.3, -0.25) is 14.4 Å². The number of hydrogen-bond acceptors (Lipinski definition) is 6. The zero-order valence-corrected chi connectivity index (χ0v) is 18.2. The number of nitrogens with one attached hydrogen (secondary N) is 2. The average Bonchev–Trinajstić information content (AvgIpc) is 3.28. The summed E-state index contributed by atoms with van der Waals surface area (Å²) in [6.45, 7) is 0. The highest BCUT2D eigenvalue weighted by Gasteiger charge is 2.23. The number of ether oxygens (including phenoxy) is 2. The predicted octanol–water partition coefficient (Wildman–Crippen LogP) is 2.71. The summed E-state index contributed by atoms with van der Waals surface area (Å²) in [6, 6.07) is 9.59. The molecule has 166 valence electrons. The number of carbonyl (C=O) groups excluding carboxylic acids is 3. The summed E-state index contributed by atoms with van der Waals surface area (Å²) in [5.41, 5.74) is 6.29. The molecule has 1 aromatic heterocycles. The summed E-state index contributed by atoms with van der Waals surface area (Å²) in [5, 5.41) is 2.85. The van der Waals surface area contributed by atoms with Gasteiger partial charge in [0.1, 0.15) is 5.69 Å². The van der Waals surface area contributed by atoms with E-state index in [0.717, 1.165) is 0 Å². The van der Waals surface area contributed by atoms with Crippen LogP contribution in [0.4, 0.5) is 11.4 Å². The first-order valence-electron chi connectivity index (χ1n) is 9.21. The van der Waals surface area contributed by atoms with Gasteiger partial charge in [0.05, 0.1) is 31.1 Å². The number of primary amides is 1. The van der Waals surface area contributed by atoms with Gasteiger partial charge in [-0.2, -0.15) is 0 Å². The van der Waals surface area contributed by atoms with Gasteiger partial charge in [-0.15, -0.1) is 0 Å². The second-order valence-corrected chi connectivity index (χ2v) is 6.90. The third kappa shape index (κ3) is 4.35. The number of amides is 3. The van der Waals surface area contributed by atoms with Gasteiger partial charge in [-0.1, -0.05) is 11.6 Å². The number of halogens is 1. The number of imidazole rings is 1. The minimum absolute atomic E-state index is 0.0717. The van der Waals surface area contributed by atoms with Crippen LogP contribution in [0, 0.1) is 0 Å². The van der Waals surface area contributed by atoms with E-state index >= 15 is 0 Å². The lowest BCUT2D eigenvalue weighted by atomic mass is 10.1. The van der Waals surface area contributed by atoms with Crippen LogP contribution in [0.2, 0.25) is 5.02 Å². The third-order valence-corrected chi connectivity index (χ3v) is 5.01. The van der Waals surface area contributed by atoms with Gasteiger partial charge in [0.2, 0.25) is 0 Å². The smallest absolute Gasteiger partial charge is 0.279 e. The highest BCUT2D eigenvalue weighted by molar-refractivity contribution is 6.36. The molecule has 0 saturated heterocycles. The van der Waals surface area contributed by atoms with E-state index in [4.69, 9.17) is 26.8 Å². The van der Waals surface area contributed by atoms with Crippen molar-refractivity contribution in [2.24, 2.45) is 5.73 Å². The van der Waals surface area contributed by atoms with E-state index in [-0.39, 0.29) is 27.7 Å². The Morgan fingerprint density at radius 3 is 2.38 bits per heavy atom. The number of nitrogens with zero attached hydrogens (tertiary/aromatic N) is 2. The molecular formula is C21H20ClN5O5. The monoisotopic (exact) mass is 457 g/mol. The standard InChI is InChI=1S/C21H20ClN5O5/c1-27(21(30)17-16(19(23)28)24-10-25-17)12-6-4-11(5-7-12)26-20(29)13-8-9-14(31-2)18(32-3)15(13)22/h4-10H,1-3H3,(H2,23,28)(H,24,25)(H,26,29). The van der Waals surface area contributed by atoms with Crippen LogP contribution in [-0.4, -0.2) is 49.0 Å². The summed E-state index contributed by atoms with van der Waals surface area (Å²) >= 11 is 6.29. The van der Waals surface area contributed by atoms with Crippen LogP contribution < -0.4 is 25.4 Å². The first kappa shape index (κ1) is 22.6. The maximum atomic E-state index is 12.7. The van der Waals surface area contributed by atoms with E-state index in [2.05, 4.69) is 15.3 Å². The molecule has 1 heterocycles. The van der Waals surface area contributed by atoms with Crippen molar-refractivity contribution in [2.45, 2.75) is 0 Å². The van der Waals surface area contributed by atoms with Crippen LogP contribution in [0.3, 0.4) is 0 Å². The summed E-state index contributed by atoms with van der Waals surface area (Å²) in [7, 11) is 4.42. The number of H-pyrrole nitrogens is 1. The van der Waals surface area contributed by atoms with Gasteiger partial charge >= 0.3 is 0 Å². The van der Waals surface area contributed by atoms with Crippen LogP contribution in [0.1, 0.15) is 31.3 Å². The van der Waals surface area contributed by atoms with E-state index < -0.39 is 17.7 Å². The fourth-order valence-electron chi connectivity index (χ4n) is 2.95. The second-order valence-electron chi connectivity index (χ2n) is 6.52. The number of benzene rings is 2. The quantitative estimate of drug-likeness (QED) is 0.498. The Morgan fingerprint density at radius 2 is 1.78 bits per heavy atom. The van der Waals surface area contributed by atoms with Crippen molar-refractivity contribution >= 4 is 40.7 Å². The maximum Gasteiger partial charge on any atom is 0.279 e. The number of aromatic nitrogens is 2. The molecule has 0 spiro atoms. The Morgan fingerprint density at radius 1 is 1.09 bits per heavy atom. The van der Waals surface area contributed by atoms with Crippen molar-refractivity contribution in [3.63, 3.8) is 0 Å².